The van der Waals surface area contributed by atoms with E-state index in [1.54, 1.807) is 0 Å². The van der Waals surface area contributed by atoms with Crippen LogP contribution in [0.4, 0.5) is 0 Å². The Hall–Kier alpha value is -1.10. The van der Waals surface area contributed by atoms with E-state index in [4.69, 9.17) is 0 Å². The van der Waals surface area contributed by atoms with E-state index in [1.165, 1.54) is 0 Å². The maximum absolute atomic E-state index is 12.6. The maximum Gasteiger partial charge on any atom is 0.227 e. The minimum absolute atomic E-state index is 0.0354. The van der Waals surface area contributed by atoms with Gasteiger partial charge in [-0.3, -0.25) is 9.59 Å². The Morgan fingerprint density at radius 3 is 2.26 bits per heavy atom. The highest BCUT2D eigenvalue weighted by atomic mass is 16.3. The Morgan fingerprint density at radius 1 is 0.913 bits per heavy atom. The lowest BCUT2D eigenvalue weighted by molar-refractivity contribution is -0.143. The monoisotopic (exact) mass is 322 g/mol. The second kappa shape index (κ2) is 7.20. The maximum atomic E-state index is 12.6. The highest BCUT2D eigenvalue weighted by molar-refractivity contribution is 5.82. The molecule has 0 aromatic carbocycles. The molecule has 1 unspecified atom stereocenters. The number of aliphatic hydroxyl groups is 1. The molecule has 3 fully saturated rings. The van der Waals surface area contributed by atoms with Gasteiger partial charge in [0.2, 0.25) is 11.8 Å². The van der Waals surface area contributed by atoms with Gasteiger partial charge in [-0.2, -0.15) is 0 Å². The largest absolute Gasteiger partial charge is 0.389 e. The number of hydrogen-bond donors (Lipinski definition) is 1. The molecule has 2 saturated heterocycles. The van der Waals surface area contributed by atoms with Crippen molar-refractivity contribution in [2.75, 3.05) is 26.2 Å². The molecule has 0 spiro atoms. The first-order valence-electron chi connectivity index (χ1n) is 9.36. The third kappa shape index (κ3) is 4.06. The highest BCUT2D eigenvalue weighted by Gasteiger charge is 2.36. The van der Waals surface area contributed by atoms with E-state index >= 15 is 0 Å². The van der Waals surface area contributed by atoms with Gasteiger partial charge in [0.05, 0.1) is 17.9 Å². The summed E-state index contributed by atoms with van der Waals surface area (Å²) in [4.78, 5) is 29.0. The van der Waals surface area contributed by atoms with Crippen LogP contribution in [-0.4, -0.2) is 58.5 Å². The van der Waals surface area contributed by atoms with Crippen molar-refractivity contribution in [2.45, 2.75) is 69.8 Å². The van der Waals surface area contributed by atoms with Gasteiger partial charge >= 0.3 is 0 Å². The average Bonchev–Trinajstić information content (AvgIpc) is 3.09. The fourth-order valence-electron chi connectivity index (χ4n) is 4.38. The van der Waals surface area contributed by atoms with Crippen molar-refractivity contribution in [2.24, 2.45) is 5.92 Å². The lowest BCUT2D eigenvalue weighted by atomic mass is 9.82. The zero-order valence-corrected chi connectivity index (χ0v) is 14.1. The number of nitrogens with zero attached hydrogens (tertiary/aromatic N) is 2. The molecule has 5 heteroatoms. The molecule has 2 heterocycles. The molecule has 0 aromatic rings. The Morgan fingerprint density at radius 2 is 1.57 bits per heavy atom. The Labute approximate surface area is 139 Å². The fourth-order valence-corrected chi connectivity index (χ4v) is 4.38. The molecule has 1 atom stereocenters. The first-order chi connectivity index (χ1) is 11.1. The Kier molecular flexibility index (Phi) is 5.24. The van der Waals surface area contributed by atoms with Crippen LogP contribution < -0.4 is 0 Å². The topological polar surface area (TPSA) is 60.9 Å². The van der Waals surface area contributed by atoms with Crippen LogP contribution in [0.25, 0.3) is 0 Å². The predicted molar refractivity (Wildman–Crippen MR) is 87.8 cm³/mol. The molecule has 0 radical (unpaired) electrons. The third-order valence-corrected chi connectivity index (χ3v) is 5.81. The lowest BCUT2D eigenvalue weighted by Crippen LogP contribution is -2.48. The molecule has 1 N–H and O–H groups in total. The molecular weight excluding hydrogens is 292 g/mol. The van der Waals surface area contributed by atoms with E-state index in [0.29, 0.717) is 6.54 Å². The van der Waals surface area contributed by atoms with Gasteiger partial charge in [0.1, 0.15) is 0 Å². The van der Waals surface area contributed by atoms with E-state index in [9.17, 15) is 14.7 Å². The number of carbonyl (C=O) groups is 2. The van der Waals surface area contributed by atoms with Gasteiger partial charge < -0.3 is 14.9 Å². The smallest absolute Gasteiger partial charge is 0.227 e. The minimum atomic E-state index is -0.804. The summed E-state index contributed by atoms with van der Waals surface area (Å²) in [5.41, 5.74) is -0.804. The number of carbonyl (C=O) groups excluding carboxylic acids is 2. The lowest BCUT2D eigenvalue weighted by Gasteiger charge is -2.37. The predicted octanol–water partition coefficient (Wildman–Crippen LogP) is 1.93. The van der Waals surface area contributed by atoms with Gasteiger partial charge in [0.25, 0.3) is 0 Å². The van der Waals surface area contributed by atoms with E-state index in [2.05, 4.69) is 0 Å². The second-order valence-electron chi connectivity index (χ2n) is 7.67. The summed E-state index contributed by atoms with van der Waals surface area (Å²) in [6.45, 7) is 3.04. The van der Waals surface area contributed by atoms with Crippen LogP contribution in [0.2, 0.25) is 0 Å². The molecule has 3 aliphatic rings. The summed E-state index contributed by atoms with van der Waals surface area (Å²) in [6, 6.07) is 0. The Balaban J connectivity index is 1.54. The molecule has 0 aromatic heterocycles. The van der Waals surface area contributed by atoms with E-state index in [-0.39, 0.29) is 24.2 Å². The van der Waals surface area contributed by atoms with E-state index in [1.807, 2.05) is 9.80 Å². The first-order valence-corrected chi connectivity index (χ1v) is 9.36. The summed E-state index contributed by atoms with van der Waals surface area (Å²) in [7, 11) is 0. The molecule has 0 bridgehead atoms. The van der Waals surface area contributed by atoms with Crippen LogP contribution in [-0.2, 0) is 9.59 Å². The molecule has 23 heavy (non-hydrogen) atoms. The Bertz CT molecular complexity index is 440. The summed E-state index contributed by atoms with van der Waals surface area (Å²) < 4.78 is 0. The molecule has 1 saturated carbocycles. The third-order valence-electron chi connectivity index (χ3n) is 5.81. The molecule has 3 rings (SSSR count). The summed E-state index contributed by atoms with van der Waals surface area (Å²) in [6.07, 6.45) is 8.90. The van der Waals surface area contributed by atoms with Gasteiger partial charge in [-0.1, -0.05) is 19.3 Å². The van der Waals surface area contributed by atoms with Crippen LogP contribution in [0.1, 0.15) is 64.2 Å². The van der Waals surface area contributed by atoms with Gasteiger partial charge in [-0.05, 0) is 38.5 Å². The standard InChI is InChI=1S/C18H30N2O3/c21-16(13-18(23)8-2-1-3-9-18)20-12-6-7-15(14-20)17(22)19-10-4-5-11-19/h15,23H,1-14H2. The summed E-state index contributed by atoms with van der Waals surface area (Å²) >= 11 is 0. The number of amides is 2. The van der Waals surface area contributed by atoms with Crippen LogP contribution in [0.15, 0.2) is 0 Å². The number of rotatable bonds is 3. The van der Waals surface area contributed by atoms with E-state index in [0.717, 1.165) is 77.4 Å². The molecule has 130 valence electrons. The van der Waals surface area contributed by atoms with Crippen molar-refractivity contribution in [1.29, 1.82) is 0 Å². The quantitative estimate of drug-likeness (QED) is 0.864. The van der Waals surface area contributed by atoms with Crippen LogP contribution >= 0.6 is 0 Å². The van der Waals surface area contributed by atoms with Crippen molar-refractivity contribution >= 4 is 11.8 Å². The summed E-state index contributed by atoms with van der Waals surface area (Å²) in [5, 5.41) is 10.6. The average molecular weight is 322 g/mol. The van der Waals surface area contributed by atoms with Crippen molar-refractivity contribution in [1.82, 2.24) is 9.80 Å². The van der Waals surface area contributed by atoms with Crippen molar-refractivity contribution < 1.29 is 14.7 Å². The molecule has 5 nitrogen and oxygen atoms in total. The van der Waals surface area contributed by atoms with Crippen molar-refractivity contribution in [3.8, 4) is 0 Å². The van der Waals surface area contributed by atoms with Crippen LogP contribution in [0.5, 0.6) is 0 Å². The zero-order chi connectivity index (χ0) is 16.3. The van der Waals surface area contributed by atoms with Gasteiger partial charge in [-0.25, -0.2) is 0 Å². The summed E-state index contributed by atoms with van der Waals surface area (Å²) in [5.74, 6) is 0.233. The highest BCUT2D eigenvalue weighted by Crippen LogP contribution is 2.32. The van der Waals surface area contributed by atoms with Gasteiger partial charge in [0.15, 0.2) is 0 Å². The number of piperidine rings is 1. The molecule has 1 aliphatic carbocycles. The van der Waals surface area contributed by atoms with Gasteiger partial charge in [0, 0.05) is 26.2 Å². The molecule has 2 amide bonds. The molecule has 2 aliphatic heterocycles. The SMILES string of the molecule is O=C(CC1(O)CCCCC1)N1CCCC(C(=O)N2CCCC2)C1. The first kappa shape index (κ1) is 16.7. The number of likely N-dealkylation sites (tertiary alicyclic amines) is 2. The van der Waals surface area contributed by atoms with Crippen LogP contribution in [0, 0.1) is 5.92 Å². The van der Waals surface area contributed by atoms with E-state index < -0.39 is 5.60 Å². The van der Waals surface area contributed by atoms with Crippen molar-refractivity contribution in [3.63, 3.8) is 0 Å². The van der Waals surface area contributed by atoms with Gasteiger partial charge in [-0.15, -0.1) is 0 Å². The second-order valence-corrected chi connectivity index (χ2v) is 7.67. The molecular formula is C18H30N2O3. The zero-order valence-electron chi connectivity index (χ0n) is 14.1. The van der Waals surface area contributed by atoms with Crippen molar-refractivity contribution in [3.05, 3.63) is 0 Å². The fraction of sp³-hybridized carbons (Fsp3) is 0.889. The minimum Gasteiger partial charge on any atom is -0.389 e. The van der Waals surface area contributed by atoms with Crippen LogP contribution in [0.3, 0.4) is 0 Å². The number of hydrogen-bond acceptors (Lipinski definition) is 3. The normalized spacial score (nSPS) is 28.0.